The van der Waals surface area contributed by atoms with Gasteiger partial charge in [0.1, 0.15) is 5.16 Å². The molecule has 0 amide bonds. The van der Waals surface area contributed by atoms with E-state index in [0.29, 0.717) is 23.3 Å². The molecule has 1 unspecified atom stereocenters. The largest absolute Gasteiger partial charge is 0.300 e. The van der Waals surface area contributed by atoms with Crippen molar-refractivity contribution < 1.29 is 4.84 Å². The van der Waals surface area contributed by atoms with Gasteiger partial charge in [0.05, 0.1) is 12.3 Å². The van der Waals surface area contributed by atoms with Gasteiger partial charge in [-0.05, 0) is 44.9 Å². The Balaban J connectivity index is 0.000000902. The molecule has 2 fully saturated rings. The van der Waals surface area contributed by atoms with Crippen LogP contribution in [0.2, 0.25) is 0 Å². The molecule has 3 atom stereocenters. The van der Waals surface area contributed by atoms with Gasteiger partial charge < -0.3 is 4.90 Å². The fourth-order valence-corrected chi connectivity index (χ4v) is 3.21. The van der Waals surface area contributed by atoms with E-state index in [4.69, 9.17) is 16.4 Å². The van der Waals surface area contributed by atoms with E-state index in [1.54, 1.807) is 11.2 Å². The summed E-state index contributed by atoms with van der Waals surface area (Å²) in [6.07, 6.45) is 10.7. The van der Waals surface area contributed by atoms with Gasteiger partial charge in [0.15, 0.2) is 0 Å². The van der Waals surface area contributed by atoms with Gasteiger partial charge in [0, 0.05) is 12.1 Å². The second-order valence-electron chi connectivity index (χ2n) is 5.04. The van der Waals surface area contributed by atoms with Gasteiger partial charge >= 0.3 is 0 Å². The molecule has 1 N–H and O–H groups in total. The highest BCUT2D eigenvalue weighted by Gasteiger charge is 2.39. The Bertz CT molecular complexity index is 353. The van der Waals surface area contributed by atoms with Crippen molar-refractivity contribution in [2.45, 2.75) is 43.9 Å². The summed E-state index contributed by atoms with van der Waals surface area (Å²) in [6, 6.07) is 1.39. The number of halogens is 3. The molecule has 3 aliphatic heterocycles. The molecule has 4 nitrogen and oxygen atoms in total. The summed E-state index contributed by atoms with van der Waals surface area (Å²) in [5, 5.41) is 2.21. The Labute approximate surface area is 140 Å². The number of hydrogen-bond donors (Lipinski definition) is 1. The number of allylic oxidation sites excluding steroid dienone is 2. The minimum absolute atomic E-state index is 0. The lowest BCUT2D eigenvalue weighted by atomic mass is 10.0. The fourth-order valence-electron chi connectivity index (χ4n) is 3.06. The van der Waals surface area contributed by atoms with Crippen LogP contribution in [0.15, 0.2) is 23.5 Å². The maximum Gasteiger partial charge on any atom is 0.122 e. The van der Waals surface area contributed by atoms with E-state index in [1.165, 1.54) is 12.8 Å². The summed E-state index contributed by atoms with van der Waals surface area (Å²) in [5.74, 6) is 0. The van der Waals surface area contributed by atoms with Gasteiger partial charge in [-0.3, -0.25) is 10.3 Å². The van der Waals surface area contributed by atoms with E-state index in [0.717, 1.165) is 12.8 Å². The number of hydrazine groups is 1. The maximum absolute atomic E-state index is 5.92. The molecule has 110 valence electrons. The van der Waals surface area contributed by atoms with Crippen molar-refractivity contribution in [2.24, 2.45) is 0 Å². The molecule has 3 aliphatic rings. The van der Waals surface area contributed by atoms with Crippen LogP contribution in [0.1, 0.15) is 25.7 Å². The van der Waals surface area contributed by atoms with Gasteiger partial charge in [-0.25, -0.2) is 0 Å². The molecular weight excluding hydrogens is 397 g/mol. The monoisotopic (exact) mass is 415 g/mol. The number of hydroxylamine groups is 1. The van der Waals surface area contributed by atoms with Crippen LogP contribution in [0.4, 0.5) is 0 Å². The summed E-state index contributed by atoms with van der Waals surface area (Å²) >= 11 is 5.89. The molecule has 2 saturated heterocycles. The molecule has 7 heteroatoms. The Hall–Kier alpha value is 0.250. The molecule has 0 saturated carbocycles. The van der Waals surface area contributed by atoms with Gasteiger partial charge in [-0.15, -0.1) is 34.0 Å². The summed E-state index contributed by atoms with van der Waals surface area (Å²) < 4.78 is 0. The number of nitrogens with one attached hydrogen (secondary N) is 1. The third-order valence-electron chi connectivity index (χ3n) is 4.00. The molecule has 19 heavy (non-hydrogen) atoms. The highest BCUT2D eigenvalue weighted by molar-refractivity contribution is 8.93. The highest BCUT2D eigenvalue weighted by atomic mass is 79.9. The lowest BCUT2D eigenvalue weighted by molar-refractivity contribution is -0.205. The molecule has 0 aliphatic carbocycles. The first-order valence-corrected chi connectivity index (χ1v) is 6.59. The van der Waals surface area contributed by atoms with Crippen LogP contribution >= 0.6 is 45.6 Å². The average molecular weight is 418 g/mol. The van der Waals surface area contributed by atoms with Crippen molar-refractivity contribution >= 4 is 45.6 Å². The third-order valence-corrected chi connectivity index (χ3v) is 4.21. The van der Waals surface area contributed by atoms with Crippen LogP contribution in [0.25, 0.3) is 0 Å². The fraction of sp³-hybridized carbons (Fsp3) is 0.667. The molecule has 3 heterocycles. The van der Waals surface area contributed by atoms with Crippen LogP contribution in [0.5, 0.6) is 0 Å². The topological polar surface area (TPSA) is 27.7 Å². The zero-order valence-corrected chi connectivity index (χ0v) is 15.0. The minimum Gasteiger partial charge on any atom is -0.300 e. The molecule has 0 aromatic rings. The van der Waals surface area contributed by atoms with Gasteiger partial charge in [-0.1, -0.05) is 11.6 Å². The molecular formula is C12H20Br2ClN3O. The van der Waals surface area contributed by atoms with Crippen molar-refractivity contribution in [3.8, 4) is 0 Å². The zero-order valence-electron chi connectivity index (χ0n) is 10.8. The van der Waals surface area contributed by atoms with Gasteiger partial charge in [0.2, 0.25) is 0 Å². The van der Waals surface area contributed by atoms with Crippen molar-refractivity contribution in [3.05, 3.63) is 23.5 Å². The second kappa shape index (κ2) is 7.31. The van der Waals surface area contributed by atoms with Crippen LogP contribution in [-0.2, 0) is 4.84 Å². The Morgan fingerprint density at radius 2 is 1.89 bits per heavy atom. The molecule has 3 rings (SSSR count). The van der Waals surface area contributed by atoms with Crippen LogP contribution in [0.3, 0.4) is 0 Å². The van der Waals surface area contributed by atoms with Crippen LogP contribution in [0, 0.1) is 0 Å². The predicted octanol–water partition coefficient (Wildman–Crippen LogP) is 3.11. The van der Waals surface area contributed by atoms with E-state index >= 15 is 0 Å². The quantitative estimate of drug-likeness (QED) is 0.699. The van der Waals surface area contributed by atoms with E-state index in [2.05, 4.69) is 17.4 Å². The van der Waals surface area contributed by atoms with Gasteiger partial charge in [0.25, 0.3) is 0 Å². The lowest BCUT2D eigenvalue weighted by Gasteiger charge is -2.37. The Morgan fingerprint density at radius 1 is 1.26 bits per heavy atom. The first kappa shape index (κ1) is 17.3. The van der Waals surface area contributed by atoms with Crippen molar-refractivity contribution in [1.82, 2.24) is 15.5 Å². The summed E-state index contributed by atoms with van der Waals surface area (Å²) in [5.41, 5.74) is 2.96. The number of rotatable bonds is 2. The lowest BCUT2D eigenvalue weighted by Crippen LogP contribution is -2.46. The second-order valence-corrected chi connectivity index (χ2v) is 5.45. The summed E-state index contributed by atoms with van der Waals surface area (Å²) in [7, 11) is 2.23. The minimum atomic E-state index is 0. The van der Waals surface area contributed by atoms with Crippen molar-refractivity contribution in [3.63, 3.8) is 0 Å². The Kier molecular flexibility index (Phi) is 6.66. The number of fused-ring (bicyclic) bond motifs is 2. The van der Waals surface area contributed by atoms with E-state index < -0.39 is 0 Å². The molecule has 2 bridgehead atoms. The van der Waals surface area contributed by atoms with Crippen LogP contribution < -0.4 is 5.43 Å². The van der Waals surface area contributed by atoms with Crippen molar-refractivity contribution in [1.29, 1.82) is 0 Å². The standard InChI is InChI=1S/C12H18ClN3O.2BrH/c1-15-9-4-5-10(15)8-11(7-9)17-16-6-2-3-12(13)14-16;;/h2-3,6,9-11,14H,4-5,7-8H2,1H3;2*1H/t9-,10+,11?;;. The molecule has 0 radical (unpaired) electrons. The first-order valence-electron chi connectivity index (χ1n) is 6.21. The highest BCUT2D eigenvalue weighted by Crippen LogP contribution is 2.35. The number of nitrogens with zero attached hydrogens (tertiary/aromatic N) is 2. The molecule has 0 aromatic heterocycles. The molecule has 0 spiro atoms. The SMILES string of the molecule is Br.Br.CN1[C@@H]2CC[C@H]1CC(ON1C=CC=C(Cl)N1)C2. The maximum atomic E-state index is 5.92. The van der Waals surface area contributed by atoms with E-state index in [9.17, 15) is 0 Å². The van der Waals surface area contributed by atoms with Gasteiger partial charge in [-0.2, -0.15) is 5.17 Å². The van der Waals surface area contributed by atoms with Crippen LogP contribution in [-0.4, -0.2) is 35.3 Å². The van der Waals surface area contributed by atoms with E-state index in [1.807, 2.05) is 12.3 Å². The predicted molar refractivity (Wildman–Crippen MR) is 87.4 cm³/mol. The number of piperidine rings is 1. The third kappa shape index (κ3) is 3.88. The van der Waals surface area contributed by atoms with E-state index in [-0.39, 0.29) is 34.0 Å². The smallest absolute Gasteiger partial charge is 0.122 e. The number of hydrogen-bond acceptors (Lipinski definition) is 4. The first-order chi connectivity index (χ1) is 8.22. The van der Waals surface area contributed by atoms with Crippen molar-refractivity contribution in [2.75, 3.05) is 7.05 Å². The normalized spacial score (nSPS) is 33.1. The summed E-state index contributed by atoms with van der Waals surface area (Å²) in [4.78, 5) is 8.42. The molecule has 0 aromatic carbocycles. The average Bonchev–Trinajstić information content (AvgIpc) is 2.52. The Morgan fingerprint density at radius 3 is 2.47 bits per heavy atom. The summed E-state index contributed by atoms with van der Waals surface area (Å²) in [6.45, 7) is 0. The zero-order chi connectivity index (χ0) is 11.8.